The molecule has 2 atom stereocenters. The maximum atomic E-state index is 12.6. The number of alkyl halides is 5. The number of halogens is 5. The van der Waals surface area contributed by atoms with Crippen molar-refractivity contribution in [3.05, 3.63) is 35.7 Å². The average Bonchev–Trinajstić information content (AvgIpc) is 3.24. The van der Waals surface area contributed by atoms with Crippen LogP contribution in [0.1, 0.15) is 30.4 Å². The first-order chi connectivity index (χ1) is 15.7. The van der Waals surface area contributed by atoms with Crippen LogP contribution in [0.3, 0.4) is 0 Å². The Morgan fingerprint density at radius 2 is 1.88 bits per heavy atom. The molecule has 1 amide bonds. The van der Waals surface area contributed by atoms with Crippen molar-refractivity contribution < 1.29 is 50.1 Å². The Hall–Kier alpha value is -3.00. The van der Waals surface area contributed by atoms with Crippen LogP contribution >= 0.6 is 0 Å². The number of benzene rings is 1. The highest BCUT2D eigenvalue weighted by Crippen LogP contribution is 2.30. The lowest BCUT2D eigenvalue weighted by Gasteiger charge is -2.27. The van der Waals surface area contributed by atoms with Crippen molar-refractivity contribution >= 4 is 5.91 Å². The third kappa shape index (κ3) is 7.82. The number of ether oxygens (including phenoxy) is 4. The summed E-state index contributed by atoms with van der Waals surface area (Å²) in [5.41, 5.74) is -0.811. The Balaban J connectivity index is 1.36. The van der Waals surface area contributed by atoms with E-state index in [9.17, 15) is 26.7 Å². The quantitative estimate of drug-likeness (QED) is 0.408. The van der Waals surface area contributed by atoms with Gasteiger partial charge in [0.25, 0.3) is 5.91 Å². The van der Waals surface area contributed by atoms with Crippen LogP contribution in [0.5, 0.6) is 11.8 Å². The molecule has 0 radical (unpaired) electrons. The van der Waals surface area contributed by atoms with Gasteiger partial charge in [0.1, 0.15) is 18.5 Å². The van der Waals surface area contributed by atoms with Gasteiger partial charge in [0.05, 0.1) is 24.8 Å². The maximum absolute atomic E-state index is 12.6. The number of hydrogen-bond acceptors (Lipinski definition) is 8. The topological polar surface area (TPSA) is 105 Å². The van der Waals surface area contributed by atoms with Crippen molar-refractivity contribution in [3.8, 4) is 11.8 Å². The van der Waals surface area contributed by atoms with Crippen LogP contribution in [-0.2, 0) is 20.4 Å². The molecule has 14 heteroatoms. The van der Waals surface area contributed by atoms with E-state index in [2.05, 4.69) is 20.3 Å². The minimum absolute atomic E-state index is 0.133. The van der Waals surface area contributed by atoms with Gasteiger partial charge in [-0.05, 0) is 37.1 Å². The van der Waals surface area contributed by atoms with Gasteiger partial charge in [0, 0.05) is 0 Å². The van der Waals surface area contributed by atoms with Gasteiger partial charge >= 0.3 is 18.9 Å². The summed E-state index contributed by atoms with van der Waals surface area (Å²) in [6, 6.07) is 3.70. The minimum atomic E-state index is -4.45. The van der Waals surface area contributed by atoms with E-state index in [1.807, 2.05) is 0 Å². The number of hydrogen-bond donors (Lipinski definition) is 1. The summed E-state index contributed by atoms with van der Waals surface area (Å²) < 4.78 is 86.6. The Bertz CT molecular complexity index is 885. The van der Waals surface area contributed by atoms with Crippen LogP contribution in [0.25, 0.3) is 0 Å². The first kappa shape index (κ1) is 24.6. The molecule has 2 heterocycles. The first-order valence-corrected chi connectivity index (χ1v) is 9.77. The fourth-order valence-corrected chi connectivity index (χ4v) is 2.89. The van der Waals surface area contributed by atoms with Gasteiger partial charge in [0.2, 0.25) is 5.89 Å². The maximum Gasteiger partial charge on any atom is 0.416 e. The summed E-state index contributed by atoms with van der Waals surface area (Å²) in [7, 11) is 0. The lowest BCUT2D eigenvalue weighted by molar-refractivity contribution is -0.137. The summed E-state index contributed by atoms with van der Waals surface area (Å²) in [6.45, 7) is -3.66. The molecule has 1 saturated heterocycles. The zero-order valence-electron chi connectivity index (χ0n) is 17.0. The standard InChI is InChI=1S/C19H20F5N3O6/c20-17(21)29-7-8-30-18-27-26-16(33-18)14-6-3-12(9-32-14)25-15(28)10-31-13-4-1-11(2-5-13)19(22,23)24/h1-2,4-5,12,14,17H,3,6-10H2,(H,25,28)/t12-,14+/m0/s1. The van der Waals surface area contributed by atoms with Gasteiger partial charge in [-0.15, -0.1) is 5.10 Å². The smallest absolute Gasteiger partial charge is 0.416 e. The molecule has 9 nitrogen and oxygen atoms in total. The van der Waals surface area contributed by atoms with E-state index >= 15 is 0 Å². The van der Waals surface area contributed by atoms with Crippen molar-refractivity contribution in [1.29, 1.82) is 0 Å². The molecule has 1 aliphatic heterocycles. The molecule has 1 aliphatic rings. The normalized spacial score (nSPS) is 18.8. The van der Waals surface area contributed by atoms with Gasteiger partial charge in [-0.25, -0.2) is 0 Å². The first-order valence-electron chi connectivity index (χ1n) is 9.77. The molecule has 33 heavy (non-hydrogen) atoms. The van der Waals surface area contributed by atoms with Gasteiger partial charge < -0.3 is 28.7 Å². The van der Waals surface area contributed by atoms with E-state index in [-0.39, 0.29) is 50.2 Å². The Kier molecular flexibility index (Phi) is 8.38. The minimum Gasteiger partial charge on any atom is -0.484 e. The summed E-state index contributed by atoms with van der Waals surface area (Å²) in [6.07, 6.45) is -4.21. The second-order valence-corrected chi connectivity index (χ2v) is 6.86. The van der Waals surface area contributed by atoms with E-state index in [0.29, 0.717) is 12.8 Å². The van der Waals surface area contributed by atoms with Crippen molar-refractivity contribution in [2.75, 3.05) is 26.4 Å². The highest BCUT2D eigenvalue weighted by atomic mass is 19.4. The van der Waals surface area contributed by atoms with Crippen molar-refractivity contribution in [2.45, 2.75) is 37.8 Å². The number of aromatic nitrogens is 2. The predicted octanol–water partition coefficient (Wildman–Crippen LogP) is 3.12. The fraction of sp³-hybridized carbons (Fsp3) is 0.526. The van der Waals surface area contributed by atoms with Crippen LogP contribution in [-0.4, -0.2) is 55.2 Å². The second-order valence-electron chi connectivity index (χ2n) is 6.86. The van der Waals surface area contributed by atoms with Crippen LogP contribution in [0.15, 0.2) is 28.7 Å². The van der Waals surface area contributed by atoms with Crippen molar-refractivity contribution in [1.82, 2.24) is 15.5 Å². The van der Waals surface area contributed by atoms with E-state index in [4.69, 9.17) is 18.6 Å². The molecule has 0 aliphatic carbocycles. The summed E-state index contributed by atoms with van der Waals surface area (Å²) in [5, 5.41) is 10.1. The molecule has 1 fully saturated rings. The SMILES string of the molecule is O=C(COc1ccc(C(F)(F)F)cc1)N[C@H]1CC[C@H](c2nnc(OCCOC(F)F)o2)OC1. The molecule has 0 saturated carbocycles. The lowest BCUT2D eigenvalue weighted by atomic mass is 10.1. The number of nitrogens with zero attached hydrogens (tertiary/aromatic N) is 2. The number of rotatable bonds is 10. The monoisotopic (exact) mass is 481 g/mol. The van der Waals surface area contributed by atoms with E-state index in [0.717, 1.165) is 24.3 Å². The number of nitrogens with one attached hydrogen (secondary N) is 1. The molecule has 1 aromatic carbocycles. The average molecular weight is 481 g/mol. The van der Waals surface area contributed by atoms with Crippen LogP contribution in [0.4, 0.5) is 22.0 Å². The van der Waals surface area contributed by atoms with Crippen LogP contribution in [0.2, 0.25) is 0 Å². The van der Waals surface area contributed by atoms with Gasteiger partial charge in [-0.2, -0.15) is 22.0 Å². The van der Waals surface area contributed by atoms with Crippen LogP contribution in [0, 0.1) is 0 Å². The Morgan fingerprint density at radius 3 is 2.52 bits per heavy atom. The Morgan fingerprint density at radius 1 is 1.12 bits per heavy atom. The number of amides is 1. The van der Waals surface area contributed by atoms with Crippen molar-refractivity contribution in [2.24, 2.45) is 0 Å². The zero-order chi connectivity index (χ0) is 23.8. The lowest BCUT2D eigenvalue weighted by Crippen LogP contribution is -2.43. The van der Waals surface area contributed by atoms with E-state index in [1.165, 1.54) is 0 Å². The Labute approximate surface area is 184 Å². The molecule has 1 N–H and O–H groups in total. The number of carbonyl (C=O) groups excluding carboxylic acids is 1. The van der Waals surface area contributed by atoms with Crippen LogP contribution < -0.4 is 14.8 Å². The second kappa shape index (κ2) is 11.2. The van der Waals surface area contributed by atoms with Gasteiger partial charge in [-0.1, -0.05) is 5.10 Å². The molecule has 182 valence electrons. The molecule has 0 spiro atoms. The molecule has 2 aromatic rings. The summed E-state index contributed by atoms with van der Waals surface area (Å²) in [4.78, 5) is 12.0. The third-order valence-corrected chi connectivity index (χ3v) is 4.44. The zero-order valence-corrected chi connectivity index (χ0v) is 17.0. The van der Waals surface area contributed by atoms with Gasteiger partial charge in [0.15, 0.2) is 6.61 Å². The molecule has 3 rings (SSSR count). The largest absolute Gasteiger partial charge is 0.484 e. The molecular formula is C19H20F5N3O6. The number of carbonyl (C=O) groups is 1. The summed E-state index contributed by atoms with van der Waals surface area (Å²) >= 11 is 0. The predicted molar refractivity (Wildman–Crippen MR) is 98.5 cm³/mol. The molecule has 0 unspecified atom stereocenters. The van der Waals surface area contributed by atoms with Crippen molar-refractivity contribution in [3.63, 3.8) is 0 Å². The summed E-state index contributed by atoms with van der Waals surface area (Å²) in [5.74, 6) is -0.176. The highest BCUT2D eigenvalue weighted by molar-refractivity contribution is 5.77. The van der Waals surface area contributed by atoms with E-state index in [1.54, 1.807) is 0 Å². The molecule has 1 aromatic heterocycles. The van der Waals surface area contributed by atoms with E-state index < -0.39 is 30.4 Å². The third-order valence-electron chi connectivity index (χ3n) is 4.44. The highest BCUT2D eigenvalue weighted by Gasteiger charge is 2.30. The molecular weight excluding hydrogens is 461 g/mol. The van der Waals surface area contributed by atoms with Gasteiger partial charge in [-0.3, -0.25) is 4.79 Å². The fourth-order valence-electron chi connectivity index (χ4n) is 2.89. The molecule has 0 bridgehead atoms.